The Morgan fingerprint density at radius 1 is 1.47 bits per heavy atom. The number of hydrogen-bond donors (Lipinski definition) is 1. The van der Waals surface area contributed by atoms with Crippen LogP contribution in [-0.2, 0) is 6.42 Å². The maximum atomic E-state index is 14.0. The average molecular weight is 350 g/mol. The predicted octanol–water partition coefficient (Wildman–Crippen LogP) is 4.14. The van der Waals surface area contributed by atoms with Gasteiger partial charge in [0.15, 0.2) is 0 Å². The third kappa shape index (κ3) is 3.14. The first-order chi connectivity index (χ1) is 8.98. The van der Waals surface area contributed by atoms with Gasteiger partial charge in [-0.25, -0.2) is 8.78 Å². The van der Waals surface area contributed by atoms with Gasteiger partial charge in [0.25, 0.3) is 0 Å². The summed E-state index contributed by atoms with van der Waals surface area (Å²) in [7, 11) is 1.86. The van der Waals surface area contributed by atoms with Crippen LogP contribution in [0.2, 0.25) is 0 Å². The summed E-state index contributed by atoms with van der Waals surface area (Å²) in [5.41, 5.74) is 0.169. The van der Waals surface area contributed by atoms with Crippen LogP contribution in [0.1, 0.15) is 25.3 Å². The number of thioether (sulfide) groups is 1. The quantitative estimate of drug-likeness (QED) is 0.819. The standard InChI is InChI=1S/C14H18BrF2NS/c1-14(6-3-7-19-14)12(18-2)8-9-11(16)5-4-10(15)13(9)17/h4-5,12,18H,3,6-8H2,1-2H3. The minimum absolute atomic E-state index is 0.0515. The zero-order chi connectivity index (χ0) is 14.0. The van der Waals surface area contributed by atoms with Gasteiger partial charge in [0.2, 0.25) is 0 Å². The van der Waals surface area contributed by atoms with Crippen molar-refractivity contribution < 1.29 is 8.78 Å². The minimum Gasteiger partial charge on any atom is -0.315 e. The Labute approximate surface area is 125 Å². The number of nitrogens with one attached hydrogen (secondary N) is 1. The largest absolute Gasteiger partial charge is 0.315 e. The van der Waals surface area contributed by atoms with Gasteiger partial charge in [-0.1, -0.05) is 0 Å². The Kier molecular flexibility index (Phi) is 4.90. The van der Waals surface area contributed by atoms with Crippen molar-refractivity contribution in [1.82, 2.24) is 5.32 Å². The molecular formula is C14H18BrF2NS. The third-order valence-corrected chi connectivity index (χ3v) is 6.14. The third-order valence-electron chi connectivity index (χ3n) is 3.88. The minimum atomic E-state index is -0.480. The maximum Gasteiger partial charge on any atom is 0.143 e. The van der Waals surface area contributed by atoms with Crippen molar-refractivity contribution in [2.45, 2.75) is 37.0 Å². The second-order valence-electron chi connectivity index (χ2n) is 5.13. The van der Waals surface area contributed by atoms with Crippen molar-refractivity contribution in [1.29, 1.82) is 0 Å². The highest BCUT2D eigenvalue weighted by Gasteiger charge is 2.37. The number of likely N-dealkylation sites (N-methyl/N-ethyl adjacent to an activating group) is 1. The lowest BCUT2D eigenvalue weighted by Crippen LogP contribution is -2.45. The fourth-order valence-corrected chi connectivity index (χ4v) is 4.48. The lowest BCUT2D eigenvalue weighted by molar-refractivity contribution is 0.410. The molecule has 1 aromatic rings. The molecular weight excluding hydrogens is 332 g/mol. The van der Waals surface area contributed by atoms with Crippen LogP contribution in [0.5, 0.6) is 0 Å². The molecule has 1 saturated heterocycles. The van der Waals surface area contributed by atoms with Crippen molar-refractivity contribution in [3.05, 3.63) is 33.8 Å². The molecule has 1 aliphatic heterocycles. The Bertz CT molecular complexity index is 461. The molecule has 2 atom stereocenters. The van der Waals surface area contributed by atoms with E-state index in [1.807, 2.05) is 18.8 Å². The highest BCUT2D eigenvalue weighted by molar-refractivity contribution is 9.10. The average Bonchev–Trinajstić information content (AvgIpc) is 2.82. The summed E-state index contributed by atoms with van der Waals surface area (Å²) < 4.78 is 28.3. The number of rotatable bonds is 4. The van der Waals surface area contributed by atoms with Gasteiger partial charge in [-0.2, -0.15) is 11.8 Å². The van der Waals surface area contributed by atoms with Gasteiger partial charge in [-0.15, -0.1) is 0 Å². The van der Waals surface area contributed by atoms with E-state index in [4.69, 9.17) is 0 Å². The van der Waals surface area contributed by atoms with Crippen LogP contribution in [0.25, 0.3) is 0 Å². The highest BCUT2D eigenvalue weighted by atomic mass is 79.9. The van der Waals surface area contributed by atoms with Crippen molar-refractivity contribution in [2.75, 3.05) is 12.8 Å². The second-order valence-corrected chi connectivity index (χ2v) is 7.62. The van der Waals surface area contributed by atoms with E-state index < -0.39 is 11.6 Å². The molecule has 1 nitrogen and oxygen atoms in total. The van der Waals surface area contributed by atoms with Gasteiger partial charge in [0.05, 0.1) is 4.47 Å². The van der Waals surface area contributed by atoms with Crippen LogP contribution in [0.4, 0.5) is 8.78 Å². The van der Waals surface area contributed by atoms with Gasteiger partial charge >= 0.3 is 0 Å². The Hall–Kier alpha value is -0.130. The van der Waals surface area contributed by atoms with Crippen LogP contribution in [-0.4, -0.2) is 23.6 Å². The summed E-state index contributed by atoms with van der Waals surface area (Å²) >= 11 is 5.02. The molecule has 5 heteroatoms. The normalized spacial score (nSPS) is 24.7. The van der Waals surface area contributed by atoms with Crippen molar-refractivity contribution in [3.63, 3.8) is 0 Å². The Morgan fingerprint density at radius 3 is 2.79 bits per heavy atom. The molecule has 106 valence electrons. The van der Waals surface area contributed by atoms with Gasteiger partial charge in [-0.05, 0) is 67.0 Å². The summed E-state index contributed by atoms with van der Waals surface area (Å²) in [5.74, 6) is 0.178. The van der Waals surface area contributed by atoms with Crippen LogP contribution >= 0.6 is 27.7 Å². The van der Waals surface area contributed by atoms with E-state index in [-0.39, 0.29) is 16.4 Å². The van der Waals surface area contributed by atoms with E-state index in [0.717, 1.165) is 12.2 Å². The lowest BCUT2D eigenvalue weighted by atomic mass is 9.90. The number of halogens is 3. The zero-order valence-corrected chi connectivity index (χ0v) is 13.5. The number of hydrogen-bond acceptors (Lipinski definition) is 2. The molecule has 0 saturated carbocycles. The molecule has 1 heterocycles. The molecule has 19 heavy (non-hydrogen) atoms. The van der Waals surface area contributed by atoms with Crippen LogP contribution in [0.15, 0.2) is 16.6 Å². The van der Waals surface area contributed by atoms with E-state index in [1.54, 1.807) is 0 Å². The second kappa shape index (κ2) is 6.10. The van der Waals surface area contributed by atoms with Crippen molar-refractivity contribution in [2.24, 2.45) is 0 Å². The first kappa shape index (κ1) is 15.3. The summed E-state index contributed by atoms with van der Waals surface area (Å²) in [4.78, 5) is 0. The Morgan fingerprint density at radius 2 is 2.21 bits per heavy atom. The van der Waals surface area contributed by atoms with Crippen LogP contribution < -0.4 is 5.32 Å². The van der Waals surface area contributed by atoms with Gasteiger partial charge in [-0.3, -0.25) is 0 Å². The van der Waals surface area contributed by atoms with Gasteiger partial charge in [0, 0.05) is 16.4 Å². The monoisotopic (exact) mass is 349 g/mol. The molecule has 1 aliphatic rings. The van der Waals surface area contributed by atoms with E-state index in [2.05, 4.69) is 28.2 Å². The van der Waals surface area contributed by atoms with Crippen molar-refractivity contribution >= 4 is 27.7 Å². The fourth-order valence-electron chi connectivity index (χ4n) is 2.66. The number of benzene rings is 1. The van der Waals surface area contributed by atoms with E-state index >= 15 is 0 Å². The van der Waals surface area contributed by atoms with Crippen LogP contribution in [0, 0.1) is 11.6 Å². The van der Waals surface area contributed by atoms with Crippen molar-refractivity contribution in [3.8, 4) is 0 Å². The SMILES string of the molecule is CNC(Cc1c(F)ccc(Br)c1F)C1(C)CCCS1. The van der Waals surface area contributed by atoms with Crippen LogP contribution in [0.3, 0.4) is 0 Å². The van der Waals surface area contributed by atoms with Gasteiger partial charge < -0.3 is 5.32 Å². The molecule has 0 aliphatic carbocycles. The Balaban J connectivity index is 2.26. The van der Waals surface area contributed by atoms with E-state index in [0.29, 0.717) is 10.9 Å². The molecule has 2 rings (SSSR count). The molecule has 1 fully saturated rings. The molecule has 0 radical (unpaired) electrons. The summed E-state index contributed by atoms with van der Waals surface area (Å²) in [6.07, 6.45) is 2.63. The molecule has 0 amide bonds. The maximum absolute atomic E-state index is 14.0. The molecule has 2 unspecified atom stereocenters. The van der Waals surface area contributed by atoms with E-state index in [9.17, 15) is 8.78 Å². The van der Waals surface area contributed by atoms with Gasteiger partial charge in [0.1, 0.15) is 11.6 Å². The molecule has 0 spiro atoms. The highest BCUT2D eigenvalue weighted by Crippen LogP contribution is 2.41. The smallest absolute Gasteiger partial charge is 0.143 e. The zero-order valence-electron chi connectivity index (χ0n) is 11.1. The predicted molar refractivity (Wildman–Crippen MR) is 80.7 cm³/mol. The molecule has 1 N–H and O–H groups in total. The molecule has 1 aromatic carbocycles. The van der Waals surface area contributed by atoms with E-state index in [1.165, 1.54) is 18.6 Å². The first-order valence-corrected chi connectivity index (χ1v) is 8.19. The lowest BCUT2D eigenvalue weighted by Gasteiger charge is -2.33. The molecule has 0 aromatic heterocycles. The fraction of sp³-hybridized carbons (Fsp3) is 0.571. The molecule has 0 bridgehead atoms. The summed E-state index contributed by atoms with van der Waals surface area (Å²) in [6.45, 7) is 2.18. The topological polar surface area (TPSA) is 12.0 Å². The first-order valence-electron chi connectivity index (χ1n) is 6.41. The summed E-state index contributed by atoms with van der Waals surface area (Å²) in [6, 6.07) is 2.80. The summed E-state index contributed by atoms with van der Waals surface area (Å²) in [5, 5.41) is 3.24.